The van der Waals surface area contributed by atoms with Crippen molar-refractivity contribution in [2.75, 3.05) is 18.0 Å². The van der Waals surface area contributed by atoms with Crippen molar-refractivity contribution in [1.82, 2.24) is 0 Å². The molecule has 3 rings (SSSR count). The molecule has 1 aromatic heterocycles. The largest absolute Gasteiger partial charge is 0.464 e. The van der Waals surface area contributed by atoms with Gasteiger partial charge in [-0.3, -0.25) is 0 Å². The molecule has 0 saturated heterocycles. The minimum absolute atomic E-state index is 0.112. The maximum atomic E-state index is 6.09. The zero-order valence-corrected chi connectivity index (χ0v) is 12.2. The van der Waals surface area contributed by atoms with Gasteiger partial charge in [0.25, 0.3) is 0 Å². The fraction of sp³-hybridized carbons (Fsp3) is 0.222. The van der Waals surface area contributed by atoms with Crippen molar-refractivity contribution in [3.05, 3.63) is 66.4 Å². The maximum Gasteiger partial charge on any atom is 0.134 e. The van der Waals surface area contributed by atoms with Gasteiger partial charge in [0, 0.05) is 29.7 Å². The second kappa shape index (κ2) is 6.02. The fourth-order valence-electron chi connectivity index (χ4n) is 2.88. The van der Waals surface area contributed by atoms with E-state index in [-0.39, 0.29) is 6.04 Å². The van der Waals surface area contributed by atoms with Crippen molar-refractivity contribution in [3.8, 4) is 0 Å². The Morgan fingerprint density at radius 1 is 1.05 bits per heavy atom. The first-order valence-corrected chi connectivity index (χ1v) is 7.33. The van der Waals surface area contributed by atoms with Crippen LogP contribution in [0.15, 0.2) is 65.3 Å². The number of anilines is 1. The SMILES string of the molecule is CCN(c1ccccc1)C(CN)c1coc2ccccc12. The van der Waals surface area contributed by atoms with Gasteiger partial charge in [-0.15, -0.1) is 0 Å². The zero-order valence-electron chi connectivity index (χ0n) is 12.2. The van der Waals surface area contributed by atoms with Gasteiger partial charge in [-0.1, -0.05) is 36.4 Å². The van der Waals surface area contributed by atoms with Crippen LogP contribution in [0, 0.1) is 0 Å². The van der Waals surface area contributed by atoms with Crippen LogP contribution in [-0.2, 0) is 0 Å². The molecule has 2 N–H and O–H groups in total. The van der Waals surface area contributed by atoms with Crippen LogP contribution in [-0.4, -0.2) is 13.1 Å². The summed E-state index contributed by atoms with van der Waals surface area (Å²) in [6.07, 6.45) is 1.84. The Morgan fingerprint density at radius 3 is 2.48 bits per heavy atom. The molecule has 21 heavy (non-hydrogen) atoms. The molecule has 3 aromatic rings. The van der Waals surface area contributed by atoms with Gasteiger partial charge in [0.15, 0.2) is 0 Å². The molecule has 108 valence electrons. The van der Waals surface area contributed by atoms with Crippen LogP contribution in [0.25, 0.3) is 11.0 Å². The van der Waals surface area contributed by atoms with E-state index in [1.807, 2.05) is 30.5 Å². The minimum Gasteiger partial charge on any atom is -0.464 e. The summed E-state index contributed by atoms with van der Waals surface area (Å²) in [5, 5.41) is 1.14. The van der Waals surface area contributed by atoms with E-state index in [1.165, 1.54) is 5.69 Å². The number of para-hydroxylation sites is 2. The third-order valence-electron chi connectivity index (χ3n) is 3.90. The topological polar surface area (TPSA) is 42.4 Å². The van der Waals surface area contributed by atoms with Gasteiger partial charge in [0.2, 0.25) is 0 Å². The number of rotatable bonds is 5. The van der Waals surface area contributed by atoms with Crippen molar-refractivity contribution in [1.29, 1.82) is 0 Å². The Kier molecular flexibility index (Phi) is 3.93. The lowest BCUT2D eigenvalue weighted by molar-refractivity contribution is 0.587. The predicted octanol–water partition coefficient (Wildman–Crippen LogP) is 3.96. The van der Waals surface area contributed by atoms with E-state index < -0.39 is 0 Å². The van der Waals surface area contributed by atoms with Crippen molar-refractivity contribution in [3.63, 3.8) is 0 Å². The van der Waals surface area contributed by atoms with Crippen LogP contribution in [0.1, 0.15) is 18.5 Å². The van der Waals surface area contributed by atoms with Crippen LogP contribution in [0.4, 0.5) is 5.69 Å². The number of furan rings is 1. The lowest BCUT2D eigenvalue weighted by atomic mass is 10.0. The number of benzene rings is 2. The molecule has 0 bridgehead atoms. The Bertz CT molecular complexity index is 705. The zero-order chi connectivity index (χ0) is 14.7. The van der Waals surface area contributed by atoms with E-state index in [0.29, 0.717) is 6.54 Å². The summed E-state index contributed by atoms with van der Waals surface area (Å²) in [6, 6.07) is 18.6. The molecule has 0 radical (unpaired) electrons. The monoisotopic (exact) mass is 280 g/mol. The average Bonchev–Trinajstić information content (AvgIpc) is 2.97. The molecule has 0 aliphatic rings. The smallest absolute Gasteiger partial charge is 0.134 e. The summed E-state index contributed by atoms with van der Waals surface area (Å²) < 4.78 is 5.68. The summed E-state index contributed by atoms with van der Waals surface area (Å²) in [5.74, 6) is 0. The van der Waals surface area contributed by atoms with Crippen LogP contribution in [0.5, 0.6) is 0 Å². The Balaban J connectivity index is 2.04. The fourth-order valence-corrected chi connectivity index (χ4v) is 2.88. The highest BCUT2D eigenvalue weighted by molar-refractivity contribution is 5.82. The number of hydrogen-bond acceptors (Lipinski definition) is 3. The molecule has 3 nitrogen and oxygen atoms in total. The molecule has 2 aromatic carbocycles. The van der Waals surface area contributed by atoms with Crippen molar-refractivity contribution in [2.24, 2.45) is 5.73 Å². The van der Waals surface area contributed by atoms with Crippen molar-refractivity contribution < 1.29 is 4.42 Å². The quantitative estimate of drug-likeness (QED) is 0.769. The summed E-state index contributed by atoms with van der Waals surface area (Å²) in [7, 11) is 0. The van der Waals surface area contributed by atoms with Gasteiger partial charge in [0.1, 0.15) is 5.58 Å². The summed E-state index contributed by atoms with van der Waals surface area (Å²) >= 11 is 0. The van der Waals surface area contributed by atoms with Gasteiger partial charge in [-0.2, -0.15) is 0 Å². The molecule has 1 heterocycles. The van der Waals surface area contributed by atoms with E-state index in [0.717, 1.165) is 23.1 Å². The van der Waals surface area contributed by atoms with E-state index in [9.17, 15) is 0 Å². The summed E-state index contributed by atoms with van der Waals surface area (Å²) in [4.78, 5) is 2.32. The predicted molar refractivity (Wildman–Crippen MR) is 87.5 cm³/mol. The lowest BCUT2D eigenvalue weighted by Crippen LogP contribution is -2.33. The molecule has 0 saturated carbocycles. The summed E-state index contributed by atoms with van der Waals surface area (Å²) in [6.45, 7) is 3.59. The average molecular weight is 280 g/mol. The molecule has 0 amide bonds. The first kappa shape index (κ1) is 13.7. The van der Waals surface area contributed by atoms with Crippen molar-refractivity contribution >= 4 is 16.7 Å². The molecular weight excluding hydrogens is 260 g/mol. The van der Waals surface area contributed by atoms with Crippen LogP contribution >= 0.6 is 0 Å². The molecular formula is C18H20N2O. The van der Waals surface area contributed by atoms with Gasteiger partial charge >= 0.3 is 0 Å². The number of nitrogens with two attached hydrogens (primary N) is 1. The van der Waals surface area contributed by atoms with E-state index >= 15 is 0 Å². The Labute approximate surface area is 125 Å². The minimum atomic E-state index is 0.112. The second-order valence-corrected chi connectivity index (χ2v) is 5.06. The third-order valence-corrected chi connectivity index (χ3v) is 3.90. The highest BCUT2D eigenvalue weighted by Gasteiger charge is 2.22. The number of fused-ring (bicyclic) bond motifs is 1. The molecule has 0 fully saturated rings. The third kappa shape index (κ3) is 2.52. The molecule has 3 heteroatoms. The number of hydrogen-bond donors (Lipinski definition) is 1. The number of nitrogens with zero attached hydrogens (tertiary/aromatic N) is 1. The van der Waals surface area contributed by atoms with Crippen LogP contribution in [0.3, 0.4) is 0 Å². The maximum absolute atomic E-state index is 6.09. The van der Waals surface area contributed by atoms with E-state index in [1.54, 1.807) is 0 Å². The normalized spacial score (nSPS) is 12.5. The first-order chi connectivity index (χ1) is 10.3. The van der Waals surface area contributed by atoms with Crippen LogP contribution in [0.2, 0.25) is 0 Å². The molecule has 1 unspecified atom stereocenters. The highest BCUT2D eigenvalue weighted by Crippen LogP contribution is 2.32. The highest BCUT2D eigenvalue weighted by atomic mass is 16.3. The summed E-state index contributed by atoms with van der Waals surface area (Å²) in [5.41, 5.74) is 9.33. The van der Waals surface area contributed by atoms with Crippen molar-refractivity contribution in [2.45, 2.75) is 13.0 Å². The molecule has 1 atom stereocenters. The Hall–Kier alpha value is -2.26. The first-order valence-electron chi connectivity index (χ1n) is 7.33. The lowest BCUT2D eigenvalue weighted by Gasteiger charge is -2.31. The standard InChI is InChI=1S/C18H20N2O/c1-2-20(14-8-4-3-5-9-14)17(12-19)16-13-21-18-11-7-6-10-15(16)18/h3-11,13,17H,2,12,19H2,1H3. The molecule has 0 aliphatic heterocycles. The number of likely N-dealkylation sites (N-methyl/N-ethyl adjacent to an activating group) is 1. The molecule has 0 aliphatic carbocycles. The second-order valence-electron chi connectivity index (χ2n) is 5.06. The Morgan fingerprint density at radius 2 is 1.76 bits per heavy atom. The van der Waals surface area contributed by atoms with E-state index in [2.05, 4.69) is 42.2 Å². The van der Waals surface area contributed by atoms with Gasteiger partial charge in [0.05, 0.1) is 12.3 Å². The van der Waals surface area contributed by atoms with Gasteiger partial charge < -0.3 is 15.1 Å². The molecule has 0 spiro atoms. The van der Waals surface area contributed by atoms with Gasteiger partial charge in [-0.25, -0.2) is 0 Å². The van der Waals surface area contributed by atoms with Crippen LogP contribution < -0.4 is 10.6 Å². The van der Waals surface area contributed by atoms with Gasteiger partial charge in [-0.05, 0) is 25.1 Å². The van der Waals surface area contributed by atoms with E-state index in [4.69, 9.17) is 10.2 Å².